The quantitative estimate of drug-likeness (QED) is 0.102. The first-order chi connectivity index (χ1) is 27.8. The van der Waals surface area contributed by atoms with E-state index in [2.05, 4.69) is 201 Å². The first-order valence-electron chi connectivity index (χ1n) is 20.7. The first-order valence-corrected chi connectivity index (χ1v) is 27.6. The van der Waals surface area contributed by atoms with Crippen LogP contribution in [0.15, 0.2) is 151 Å². The molecule has 0 radical (unpaired) electrons. The molecule has 4 nitrogen and oxygen atoms in total. The summed E-state index contributed by atoms with van der Waals surface area (Å²) >= 11 is 0. The topological polar surface area (TPSA) is 52.8 Å². The van der Waals surface area contributed by atoms with Crippen LogP contribution in [-0.4, -0.2) is 36.8 Å². The summed E-state index contributed by atoms with van der Waals surface area (Å²) in [7, 11) is 1.96. The van der Waals surface area contributed by atoms with Crippen LogP contribution in [0.25, 0.3) is 37.3 Å². The van der Waals surface area contributed by atoms with Crippen molar-refractivity contribution in [2.75, 3.05) is 19.0 Å². The molecule has 0 heterocycles. The van der Waals surface area contributed by atoms with Gasteiger partial charge in [0, 0.05) is 48.0 Å². The fourth-order valence-corrected chi connectivity index (χ4v) is 16.3. The zero-order chi connectivity index (χ0) is 42.8. The van der Waals surface area contributed by atoms with Crippen molar-refractivity contribution in [2.45, 2.75) is 77.8 Å². The Morgan fingerprint density at radius 1 is 0.550 bits per heavy atom. The summed E-state index contributed by atoms with van der Waals surface area (Å²) in [6.07, 6.45) is 1.80. The minimum absolute atomic E-state index is 0. The molecular weight excluding hydrogens is 816 g/mol. The van der Waals surface area contributed by atoms with Crippen molar-refractivity contribution >= 4 is 55.6 Å². The molecule has 0 N–H and O–H groups in total. The summed E-state index contributed by atoms with van der Waals surface area (Å²) in [5, 5.41) is 19.2. The SMILES string of the molecule is CN(C)c1ccc2ccccc2c1-c1c(N=Cc2cc(C(C)(C)c3ccccc3)cc(C(C)(C)c3ccccc3)c2[O-])ccc2ccccc12.C[Si](C)(C)[N-][Si](C)(C)C.[Zn+2]. The predicted molar refractivity (Wildman–Crippen MR) is 262 cm³/mol. The van der Waals surface area contributed by atoms with Gasteiger partial charge in [-0.3, -0.25) is 4.99 Å². The standard InChI is InChI=1S/C47H44N2O.C6H18NSi2.Zn/c1-46(2,35-19-9-7-10-20-35)37-29-34(45(50)40(30-37)47(3,4)36-21-11-8-12-22-36)31-48-41-27-25-32-17-13-15-23-38(32)43(41)44-39-24-16-14-18-33(39)26-28-42(44)49(5)6;1-8(2,3)7-9(4,5)6;/h7-31,50H,1-6H3;1-6H3;/q;-1;+2/p-1. The largest absolute Gasteiger partial charge is 2.00 e. The molecule has 7 aromatic carbocycles. The summed E-state index contributed by atoms with van der Waals surface area (Å²) < 4.78 is 4.82. The van der Waals surface area contributed by atoms with Crippen LogP contribution in [0.3, 0.4) is 0 Å². The predicted octanol–water partition coefficient (Wildman–Crippen LogP) is 14.2. The molecule has 0 atom stereocenters. The van der Waals surface area contributed by atoms with Gasteiger partial charge in [-0.15, -0.1) is 0 Å². The number of fused-ring (bicyclic) bond motifs is 2. The van der Waals surface area contributed by atoms with E-state index in [9.17, 15) is 5.11 Å². The molecule has 0 bridgehead atoms. The summed E-state index contributed by atoms with van der Waals surface area (Å²) in [6, 6.07) is 50.6. The molecular formula is C53H61N3OSi2Zn. The average molecular weight is 878 g/mol. The number of rotatable bonds is 10. The minimum Gasteiger partial charge on any atom is -0.872 e. The minimum atomic E-state index is -1.11. The molecule has 0 aliphatic heterocycles. The first kappa shape index (κ1) is 46.4. The third kappa shape index (κ3) is 10.4. The summed E-state index contributed by atoms with van der Waals surface area (Å²) in [5.74, 6) is -0.00306. The number of benzene rings is 7. The van der Waals surface area contributed by atoms with Crippen molar-refractivity contribution in [3.8, 4) is 16.9 Å². The van der Waals surface area contributed by atoms with Crippen LogP contribution < -0.4 is 10.0 Å². The Balaban J connectivity index is 0.000000614. The van der Waals surface area contributed by atoms with Gasteiger partial charge in [0.2, 0.25) is 0 Å². The normalized spacial score (nSPS) is 12.3. The van der Waals surface area contributed by atoms with Gasteiger partial charge in [-0.05, 0) is 67.6 Å². The molecule has 0 amide bonds. The van der Waals surface area contributed by atoms with Crippen LogP contribution in [0.5, 0.6) is 5.75 Å². The fourth-order valence-electron chi connectivity index (χ4n) is 8.28. The number of nitrogens with zero attached hydrogens (tertiary/aromatic N) is 3. The van der Waals surface area contributed by atoms with E-state index in [4.69, 9.17) is 9.64 Å². The van der Waals surface area contributed by atoms with E-state index in [-0.39, 0.29) is 30.6 Å². The Morgan fingerprint density at radius 2 is 1.02 bits per heavy atom. The van der Waals surface area contributed by atoms with Gasteiger partial charge in [0.15, 0.2) is 0 Å². The summed E-state index contributed by atoms with van der Waals surface area (Å²) in [5.41, 5.74) is 7.93. The monoisotopic (exact) mass is 875 g/mol. The van der Waals surface area contributed by atoms with Crippen LogP contribution >= 0.6 is 0 Å². The van der Waals surface area contributed by atoms with Gasteiger partial charge < -0.3 is 14.7 Å². The number of hydrogen-bond acceptors (Lipinski definition) is 3. The third-order valence-corrected chi connectivity index (χ3v) is 16.4. The molecule has 0 unspecified atom stereocenters. The van der Waals surface area contributed by atoms with Crippen LogP contribution in [0, 0.1) is 0 Å². The average Bonchev–Trinajstić information content (AvgIpc) is 3.19. The molecule has 7 heteroatoms. The van der Waals surface area contributed by atoms with Gasteiger partial charge in [-0.25, -0.2) is 0 Å². The van der Waals surface area contributed by atoms with Gasteiger partial charge in [-0.2, -0.15) is 0 Å². The van der Waals surface area contributed by atoms with Gasteiger partial charge >= 0.3 is 19.5 Å². The van der Waals surface area contributed by atoms with Gasteiger partial charge in [-0.1, -0.05) is 217 Å². The van der Waals surface area contributed by atoms with Crippen LogP contribution in [0.4, 0.5) is 11.4 Å². The van der Waals surface area contributed by atoms with Gasteiger partial charge in [0.05, 0.1) is 5.69 Å². The number of anilines is 1. The molecule has 0 aliphatic carbocycles. The Bertz CT molecular complexity index is 2580. The van der Waals surface area contributed by atoms with E-state index in [1.807, 2.05) is 30.3 Å². The maximum Gasteiger partial charge on any atom is 2.00 e. The Labute approximate surface area is 374 Å². The van der Waals surface area contributed by atoms with Crippen LogP contribution in [0.1, 0.15) is 55.5 Å². The fraction of sp³-hybridized carbons (Fsp3) is 0.264. The van der Waals surface area contributed by atoms with Crippen molar-refractivity contribution in [2.24, 2.45) is 4.99 Å². The third-order valence-electron chi connectivity index (χ3n) is 11.1. The van der Waals surface area contributed by atoms with Crippen molar-refractivity contribution < 1.29 is 24.6 Å². The van der Waals surface area contributed by atoms with Gasteiger partial charge in [0.25, 0.3) is 0 Å². The van der Waals surface area contributed by atoms with E-state index in [1.54, 1.807) is 6.21 Å². The van der Waals surface area contributed by atoms with E-state index in [1.165, 1.54) is 10.9 Å². The molecule has 0 saturated heterocycles. The maximum atomic E-state index is 14.6. The second-order valence-electron chi connectivity index (χ2n) is 18.9. The zero-order valence-corrected chi connectivity index (χ0v) is 42.9. The zero-order valence-electron chi connectivity index (χ0n) is 37.9. The number of aliphatic imine (C=N–C) groups is 1. The van der Waals surface area contributed by atoms with Crippen LogP contribution in [-0.2, 0) is 30.3 Å². The van der Waals surface area contributed by atoms with Crippen molar-refractivity contribution in [3.05, 3.63) is 178 Å². The Kier molecular flexibility index (Phi) is 14.3. The molecule has 304 valence electrons. The van der Waals surface area contributed by atoms with Crippen molar-refractivity contribution in [1.82, 2.24) is 0 Å². The summed E-state index contributed by atoms with van der Waals surface area (Å²) in [6.45, 7) is 22.5. The molecule has 0 aliphatic rings. The molecule has 0 fully saturated rings. The smallest absolute Gasteiger partial charge is 0.872 e. The van der Waals surface area contributed by atoms with E-state index >= 15 is 0 Å². The second-order valence-corrected chi connectivity index (χ2v) is 28.5. The Hall–Kier alpha value is -4.65. The number of hydrogen-bond donors (Lipinski definition) is 0. The van der Waals surface area contributed by atoms with E-state index in [0.29, 0.717) is 5.56 Å². The van der Waals surface area contributed by atoms with Gasteiger partial charge in [0.1, 0.15) is 0 Å². The van der Waals surface area contributed by atoms with E-state index in [0.717, 1.165) is 55.4 Å². The summed E-state index contributed by atoms with van der Waals surface area (Å²) in [4.78, 5) is 7.39. The molecule has 7 rings (SSSR count). The van der Waals surface area contributed by atoms with Crippen LogP contribution in [0.2, 0.25) is 39.3 Å². The molecule has 7 aromatic rings. The Morgan fingerprint density at radius 3 is 1.52 bits per heavy atom. The maximum absolute atomic E-state index is 14.6. The van der Waals surface area contributed by atoms with Crippen molar-refractivity contribution in [1.29, 1.82) is 0 Å². The molecule has 0 spiro atoms. The molecule has 0 saturated carbocycles. The molecule has 60 heavy (non-hydrogen) atoms. The van der Waals surface area contributed by atoms with E-state index < -0.39 is 21.9 Å². The van der Waals surface area contributed by atoms with Crippen molar-refractivity contribution in [3.63, 3.8) is 0 Å². The molecule has 0 aromatic heterocycles. The second kappa shape index (κ2) is 18.5.